The summed E-state index contributed by atoms with van der Waals surface area (Å²) in [4.78, 5) is 2.26. The van der Waals surface area contributed by atoms with E-state index in [-0.39, 0.29) is 12.2 Å². The van der Waals surface area contributed by atoms with Crippen molar-refractivity contribution in [3.63, 3.8) is 0 Å². The normalized spacial score (nSPS) is 22.6. The highest BCUT2D eigenvalue weighted by Gasteiger charge is 2.32. The summed E-state index contributed by atoms with van der Waals surface area (Å²) in [5, 5.41) is 8.83. The van der Waals surface area contributed by atoms with Gasteiger partial charge in [0.1, 0.15) is 12.4 Å². The van der Waals surface area contributed by atoms with Crippen molar-refractivity contribution in [2.24, 2.45) is 0 Å². The lowest BCUT2D eigenvalue weighted by molar-refractivity contribution is -0.00461. The Balaban J connectivity index is 1.78. The lowest BCUT2D eigenvalue weighted by Crippen LogP contribution is -2.27. The van der Waals surface area contributed by atoms with E-state index in [0.717, 1.165) is 25.4 Å². The Morgan fingerprint density at radius 2 is 1.95 bits per heavy atom. The fourth-order valence-corrected chi connectivity index (χ4v) is 2.40. The van der Waals surface area contributed by atoms with Crippen LogP contribution in [0.25, 0.3) is 0 Å². The first-order valence-corrected chi connectivity index (χ1v) is 6.67. The molecule has 1 aromatic rings. The number of hydrogen-bond acceptors (Lipinski definition) is 5. The summed E-state index contributed by atoms with van der Waals surface area (Å²) in [7, 11) is 3.42. The van der Waals surface area contributed by atoms with Gasteiger partial charge in [-0.15, -0.1) is 0 Å². The van der Waals surface area contributed by atoms with Crippen LogP contribution < -0.4 is 4.74 Å². The quantitative estimate of drug-likeness (QED) is 0.783. The fourth-order valence-electron chi connectivity index (χ4n) is 2.40. The minimum absolute atomic E-state index is 0.127. The molecule has 20 heavy (non-hydrogen) atoms. The molecule has 0 amide bonds. The molecule has 1 aromatic carbocycles. The Kier molecular flexibility index (Phi) is 5.36. The minimum Gasteiger partial charge on any atom is -0.492 e. The van der Waals surface area contributed by atoms with Crippen molar-refractivity contribution in [1.29, 1.82) is 5.26 Å². The van der Waals surface area contributed by atoms with Gasteiger partial charge in [-0.25, -0.2) is 0 Å². The molecule has 2 atom stereocenters. The molecule has 0 N–H and O–H groups in total. The molecule has 0 aromatic heterocycles. The average Bonchev–Trinajstić information content (AvgIpc) is 2.90. The van der Waals surface area contributed by atoms with Crippen molar-refractivity contribution in [1.82, 2.24) is 4.90 Å². The van der Waals surface area contributed by atoms with Crippen LogP contribution >= 0.6 is 0 Å². The van der Waals surface area contributed by atoms with Crippen molar-refractivity contribution in [2.75, 3.05) is 40.5 Å². The molecule has 1 fully saturated rings. The summed E-state index contributed by atoms with van der Waals surface area (Å²) in [5.74, 6) is 0.731. The lowest BCUT2D eigenvalue weighted by Gasteiger charge is -2.15. The highest BCUT2D eigenvalue weighted by Crippen LogP contribution is 2.16. The summed E-state index contributed by atoms with van der Waals surface area (Å²) in [6.07, 6.45) is 0.254. The van der Waals surface area contributed by atoms with Gasteiger partial charge < -0.3 is 14.2 Å². The summed E-state index contributed by atoms with van der Waals surface area (Å²) < 4.78 is 16.5. The minimum atomic E-state index is 0.127. The zero-order valence-electron chi connectivity index (χ0n) is 11.9. The van der Waals surface area contributed by atoms with Crippen LogP contribution in [0.3, 0.4) is 0 Å². The largest absolute Gasteiger partial charge is 0.492 e. The van der Waals surface area contributed by atoms with Crippen LogP contribution in [-0.2, 0) is 9.47 Å². The highest BCUT2D eigenvalue weighted by molar-refractivity contribution is 5.36. The molecular formula is C15H20N2O3. The van der Waals surface area contributed by atoms with E-state index in [1.54, 1.807) is 26.4 Å². The summed E-state index contributed by atoms with van der Waals surface area (Å²) in [6, 6.07) is 9.30. The molecular weight excluding hydrogens is 256 g/mol. The van der Waals surface area contributed by atoms with Gasteiger partial charge in [-0.05, 0) is 18.2 Å². The van der Waals surface area contributed by atoms with E-state index >= 15 is 0 Å². The third-order valence-electron chi connectivity index (χ3n) is 3.54. The van der Waals surface area contributed by atoms with Gasteiger partial charge in [0.2, 0.25) is 0 Å². The third kappa shape index (κ3) is 3.70. The van der Waals surface area contributed by atoms with Crippen LogP contribution in [0.2, 0.25) is 0 Å². The van der Waals surface area contributed by atoms with Crippen molar-refractivity contribution in [3.05, 3.63) is 29.8 Å². The average molecular weight is 276 g/mol. The number of likely N-dealkylation sites (tertiary alicyclic amines) is 1. The van der Waals surface area contributed by atoms with Crippen molar-refractivity contribution < 1.29 is 14.2 Å². The van der Waals surface area contributed by atoms with E-state index in [2.05, 4.69) is 11.0 Å². The molecule has 0 bridgehead atoms. The van der Waals surface area contributed by atoms with Gasteiger partial charge in [-0.1, -0.05) is 6.07 Å². The molecule has 108 valence electrons. The van der Waals surface area contributed by atoms with Gasteiger partial charge in [0.15, 0.2) is 0 Å². The van der Waals surface area contributed by atoms with Gasteiger partial charge >= 0.3 is 0 Å². The second-order valence-corrected chi connectivity index (χ2v) is 4.80. The lowest BCUT2D eigenvalue weighted by atomic mass is 10.2. The Bertz CT molecular complexity index is 460. The maximum absolute atomic E-state index is 8.83. The molecule has 5 nitrogen and oxygen atoms in total. The zero-order chi connectivity index (χ0) is 14.4. The molecule has 0 spiro atoms. The summed E-state index contributed by atoms with van der Waals surface area (Å²) >= 11 is 0. The molecule has 1 aliphatic heterocycles. The van der Waals surface area contributed by atoms with E-state index in [1.165, 1.54) is 0 Å². The van der Waals surface area contributed by atoms with E-state index in [4.69, 9.17) is 19.5 Å². The number of rotatable bonds is 6. The van der Waals surface area contributed by atoms with Gasteiger partial charge in [0.25, 0.3) is 0 Å². The fraction of sp³-hybridized carbons (Fsp3) is 0.533. The zero-order valence-corrected chi connectivity index (χ0v) is 11.9. The number of ether oxygens (including phenoxy) is 3. The predicted molar refractivity (Wildman–Crippen MR) is 74.7 cm³/mol. The Morgan fingerprint density at radius 3 is 2.55 bits per heavy atom. The van der Waals surface area contributed by atoms with Gasteiger partial charge in [0.05, 0.1) is 23.8 Å². The van der Waals surface area contributed by atoms with Crippen LogP contribution in [0.5, 0.6) is 5.75 Å². The first-order valence-electron chi connectivity index (χ1n) is 6.67. The maximum Gasteiger partial charge on any atom is 0.120 e. The third-order valence-corrected chi connectivity index (χ3v) is 3.54. The van der Waals surface area contributed by atoms with E-state index in [0.29, 0.717) is 12.2 Å². The monoisotopic (exact) mass is 276 g/mol. The van der Waals surface area contributed by atoms with Gasteiger partial charge in [0, 0.05) is 33.9 Å². The summed E-state index contributed by atoms with van der Waals surface area (Å²) in [5.41, 5.74) is 0.613. The molecule has 1 heterocycles. The molecule has 1 aliphatic rings. The number of nitrogens with zero attached hydrogens (tertiary/aromatic N) is 2. The molecule has 5 heteroatoms. The smallest absolute Gasteiger partial charge is 0.120 e. The SMILES string of the molecule is COC1CN(CCOc2cccc(C#N)c2)CC1OC. The number of methoxy groups -OCH3 is 2. The van der Waals surface area contributed by atoms with E-state index in [1.807, 2.05) is 12.1 Å². The van der Waals surface area contributed by atoms with Crippen molar-refractivity contribution in [3.8, 4) is 11.8 Å². The van der Waals surface area contributed by atoms with Crippen molar-refractivity contribution in [2.45, 2.75) is 12.2 Å². The highest BCUT2D eigenvalue weighted by atomic mass is 16.5. The van der Waals surface area contributed by atoms with Crippen LogP contribution in [0.15, 0.2) is 24.3 Å². The number of nitriles is 1. The first-order chi connectivity index (χ1) is 9.76. The van der Waals surface area contributed by atoms with Crippen LogP contribution in [0.1, 0.15) is 5.56 Å². The number of hydrogen-bond donors (Lipinski definition) is 0. The topological polar surface area (TPSA) is 54.7 Å². The molecule has 2 unspecified atom stereocenters. The molecule has 0 saturated carbocycles. The van der Waals surface area contributed by atoms with E-state index < -0.39 is 0 Å². The molecule has 1 saturated heterocycles. The predicted octanol–water partition coefficient (Wildman–Crippen LogP) is 1.28. The Hall–Kier alpha value is -1.61. The molecule has 2 rings (SSSR count). The van der Waals surface area contributed by atoms with E-state index in [9.17, 15) is 0 Å². The first kappa shape index (κ1) is 14.8. The van der Waals surface area contributed by atoms with Gasteiger partial charge in [-0.3, -0.25) is 4.90 Å². The van der Waals surface area contributed by atoms with Crippen LogP contribution in [0.4, 0.5) is 0 Å². The van der Waals surface area contributed by atoms with Crippen LogP contribution in [-0.4, -0.2) is 57.6 Å². The summed E-state index contributed by atoms with van der Waals surface area (Å²) in [6.45, 7) is 3.12. The van der Waals surface area contributed by atoms with Crippen molar-refractivity contribution >= 4 is 0 Å². The maximum atomic E-state index is 8.83. The Morgan fingerprint density at radius 1 is 1.25 bits per heavy atom. The Labute approximate surface area is 119 Å². The van der Waals surface area contributed by atoms with Gasteiger partial charge in [-0.2, -0.15) is 5.26 Å². The second kappa shape index (κ2) is 7.25. The number of benzene rings is 1. The molecule has 0 radical (unpaired) electrons. The van der Waals surface area contributed by atoms with Crippen LogP contribution in [0, 0.1) is 11.3 Å². The molecule has 0 aliphatic carbocycles. The second-order valence-electron chi connectivity index (χ2n) is 4.80. The standard InChI is InChI=1S/C15H20N2O3/c1-18-14-10-17(11-15(14)19-2)6-7-20-13-5-3-4-12(8-13)9-16/h3-5,8,14-15H,6-7,10-11H2,1-2H3.